The first-order chi connectivity index (χ1) is 17.0. The zero-order chi connectivity index (χ0) is 24.4. The van der Waals surface area contributed by atoms with E-state index in [0.717, 1.165) is 0 Å². The van der Waals surface area contributed by atoms with Crippen LogP contribution in [-0.4, -0.2) is 57.5 Å². The van der Waals surface area contributed by atoms with Gasteiger partial charge in [-0.3, -0.25) is 9.89 Å². The highest BCUT2D eigenvalue weighted by Crippen LogP contribution is 2.35. The Hall–Kier alpha value is -4.15. The van der Waals surface area contributed by atoms with Gasteiger partial charge in [0.25, 0.3) is 0 Å². The molecule has 1 saturated heterocycles. The van der Waals surface area contributed by atoms with Crippen LogP contribution in [0.25, 0.3) is 22.3 Å². The Morgan fingerprint density at radius 1 is 1.17 bits per heavy atom. The summed E-state index contributed by atoms with van der Waals surface area (Å²) in [5.74, 6) is 0.183. The number of nitrogens with zero attached hydrogens (tertiary/aromatic N) is 4. The van der Waals surface area contributed by atoms with Crippen LogP contribution in [0.1, 0.15) is 0 Å². The highest BCUT2D eigenvalue weighted by molar-refractivity contribution is 6.35. The molecule has 4 aromatic rings. The van der Waals surface area contributed by atoms with E-state index in [-0.39, 0.29) is 16.8 Å². The molecule has 1 fully saturated rings. The summed E-state index contributed by atoms with van der Waals surface area (Å²) in [6, 6.07) is 12.4. The largest absolute Gasteiger partial charge is 0.506 e. The SMILES string of the molecule is C=CC(=O)Nc1cccc(-c2nc(Nc3ccc(O)c(N4CCOCC4)c3)nc3[nH]nc(Cl)c23)c1. The first kappa shape index (κ1) is 22.6. The highest BCUT2D eigenvalue weighted by atomic mass is 35.5. The van der Waals surface area contributed by atoms with Gasteiger partial charge in [-0.25, -0.2) is 4.98 Å². The zero-order valence-corrected chi connectivity index (χ0v) is 19.3. The number of carbonyl (C=O) groups is 1. The summed E-state index contributed by atoms with van der Waals surface area (Å²) in [6.45, 7) is 6.07. The number of aromatic nitrogens is 4. The van der Waals surface area contributed by atoms with Crippen molar-refractivity contribution in [1.82, 2.24) is 20.2 Å². The number of fused-ring (bicyclic) bond motifs is 1. The number of halogens is 1. The van der Waals surface area contributed by atoms with Crippen molar-refractivity contribution in [2.45, 2.75) is 0 Å². The van der Waals surface area contributed by atoms with Crippen molar-refractivity contribution >= 4 is 51.6 Å². The number of nitrogens with one attached hydrogen (secondary N) is 3. The average Bonchev–Trinajstić information content (AvgIpc) is 3.25. The van der Waals surface area contributed by atoms with Gasteiger partial charge in [-0.05, 0) is 36.4 Å². The molecule has 3 heterocycles. The van der Waals surface area contributed by atoms with Gasteiger partial charge in [0.15, 0.2) is 10.8 Å². The van der Waals surface area contributed by atoms with Crippen LogP contribution in [0.4, 0.5) is 23.0 Å². The van der Waals surface area contributed by atoms with Gasteiger partial charge in [-0.1, -0.05) is 30.3 Å². The minimum absolute atomic E-state index is 0.188. The molecule has 1 aliphatic rings. The Bertz CT molecular complexity index is 1420. The number of hydrogen-bond donors (Lipinski definition) is 4. The van der Waals surface area contributed by atoms with Crippen LogP contribution in [0.15, 0.2) is 55.1 Å². The third-order valence-electron chi connectivity index (χ3n) is 5.55. The maximum Gasteiger partial charge on any atom is 0.247 e. The summed E-state index contributed by atoms with van der Waals surface area (Å²) < 4.78 is 5.41. The lowest BCUT2D eigenvalue weighted by Gasteiger charge is -2.29. The number of morpholine rings is 1. The van der Waals surface area contributed by atoms with Crippen LogP contribution in [-0.2, 0) is 9.53 Å². The molecule has 0 spiro atoms. The summed E-state index contributed by atoms with van der Waals surface area (Å²) in [5.41, 5.74) is 3.70. The lowest BCUT2D eigenvalue weighted by atomic mass is 10.1. The quantitative estimate of drug-likeness (QED) is 0.234. The molecule has 1 aliphatic heterocycles. The fourth-order valence-corrected chi connectivity index (χ4v) is 4.11. The van der Waals surface area contributed by atoms with E-state index in [1.807, 2.05) is 12.1 Å². The maximum atomic E-state index is 11.7. The number of hydrogen-bond acceptors (Lipinski definition) is 8. The Kier molecular flexibility index (Phi) is 6.21. The van der Waals surface area contributed by atoms with Crippen LogP contribution < -0.4 is 15.5 Å². The second-order valence-electron chi connectivity index (χ2n) is 7.84. The van der Waals surface area contributed by atoms with E-state index >= 15 is 0 Å². The first-order valence-electron chi connectivity index (χ1n) is 10.9. The second kappa shape index (κ2) is 9.61. The predicted octanol–water partition coefficient (Wildman–Crippen LogP) is 4.08. The minimum atomic E-state index is -0.318. The molecule has 0 bridgehead atoms. The third kappa shape index (κ3) is 4.75. The van der Waals surface area contributed by atoms with Gasteiger partial charge >= 0.3 is 0 Å². The van der Waals surface area contributed by atoms with Crippen LogP contribution in [0.3, 0.4) is 0 Å². The monoisotopic (exact) mass is 491 g/mol. The number of phenols is 1. The molecule has 2 aromatic heterocycles. The van der Waals surface area contributed by atoms with E-state index in [4.69, 9.17) is 21.3 Å². The summed E-state index contributed by atoms with van der Waals surface area (Å²) in [6.07, 6.45) is 1.20. The second-order valence-corrected chi connectivity index (χ2v) is 8.19. The number of carbonyl (C=O) groups excluding carboxylic acids is 1. The molecule has 4 N–H and O–H groups in total. The summed E-state index contributed by atoms with van der Waals surface area (Å²) in [4.78, 5) is 23.0. The fraction of sp³-hybridized carbons (Fsp3) is 0.167. The minimum Gasteiger partial charge on any atom is -0.506 e. The molecular weight excluding hydrogens is 470 g/mol. The number of H-pyrrole nitrogens is 1. The number of ether oxygens (including phenoxy) is 1. The van der Waals surface area contributed by atoms with Crippen molar-refractivity contribution in [3.63, 3.8) is 0 Å². The van der Waals surface area contributed by atoms with Gasteiger partial charge in [0.05, 0.1) is 30.0 Å². The Morgan fingerprint density at radius 3 is 2.80 bits per heavy atom. The van der Waals surface area contributed by atoms with Crippen molar-refractivity contribution in [3.05, 3.63) is 60.3 Å². The molecule has 11 heteroatoms. The number of aromatic amines is 1. The fourth-order valence-electron chi connectivity index (χ4n) is 3.89. The molecule has 0 saturated carbocycles. The average molecular weight is 492 g/mol. The molecule has 178 valence electrons. The number of anilines is 4. The summed E-state index contributed by atoms with van der Waals surface area (Å²) in [7, 11) is 0. The molecule has 10 nitrogen and oxygen atoms in total. The van der Waals surface area contributed by atoms with Crippen LogP contribution in [0.2, 0.25) is 5.15 Å². The van der Waals surface area contributed by atoms with E-state index < -0.39 is 0 Å². The lowest BCUT2D eigenvalue weighted by Crippen LogP contribution is -2.36. The molecule has 0 atom stereocenters. The van der Waals surface area contributed by atoms with Crippen LogP contribution in [0, 0.1) is 0 Å². The van der Waals surface area contributed by atoms with Crippen molar-refractivity contribution in [1.29, 1.82) is 0 Å². The summed E-state index contributed by atoms with van der Waals surface area (Å²) >= 11 is 6.34. The standard InChI is InChI=1S/C24H22ClN7O3/c1-2-19(34)26-15-5-3-4-14(12-15)21-20-22(25)30-31-23(20)29-24(28-21)27-16-6-7-18(33)17(13-16)32-8-10-35-11-9-32/h2-7,12-13,33H,1,8-11H2,(H,26,34)(H2,27,28,29,30,31). The molecule has 0 aliphatic carbocycles. The molecule has 0 unspecified atom stereocenters. The Morgan fingerprint density at radius 2 is 2.00 bits per heavy atom. The number of amides is 1. The number of benzene rings is 2. The number of phenolic OH excluding ortho intramolecular Hbond substituents is 1. The number of aromatic hydroxyl groups is 1. The van der Waals surface area contributed by atoms with Crippen LogP contribution in [0.5, 0.6) is 5.75 Å². The molecule has 35 heavy (non-hydrogen) atoms. The van der Waals surface area contributed by atoms with Crippen LogP contribution >= 0.6 is 11.6 Å². The Balaban J connectivity index is 1.52. The van der Waals surface area contributed by atoms with E-state index in [0.29, 0.717) is 71.6 Å². The lowest BCUT2D eigenvalue weighted by molar-refractivity contribution is -0.111. The van der Waals surface area contributed by atoms with Gasteiger partial charge in [-0.2, -0.15) is 10.1 Å². The van der Waals surface area contributed by atoms with Gasteiger partial charge in [0, 0.05) is 30.0 Å². The maximum absolute atomic E-state index is 11.7. The Labute approximate surface area is 205 Å². The van der Waals surface area contributed by atoms with Gasteiger partial charge < -0.3 is 25.4 Å². The molecule has 0 radical (unpaired) electrons. The van der Waals surface area contributed by atoms with E-state index in [2.05, 4.69) is 37.3 Å². The number of rotatable bonds is 6. The smallest absolute Gasteiger partial charge is 0.247 e. The van der Waals surface area contributed by atoms with E-state index in [1.54, 1.807) is 30.3 Å². The van der Waals surface area contributed by atoms with E-state index in [1.165, 1.54) is 6.08 Å². The molecule has 5 rings (SSSR count). The molecule has 1 amide bonds. The first-order valence-corrected chi connectivity index (χ1v) is 11.3. The van der Waals surface area contributed by atoms with Crippen molar-refractivity contribution in [2.24, 2.45) is 0 Å². The molecule has 2 aromatic carbocycles. The third-order valence-corrected chi connectivity index (χ3v) is 5.82. The van der Waals surface area contributed by atoms with Gasteiger partial charge in [0.1, 0.15) is 5.75 Å². The van der Waals surface area contributed by atoms with Gasteiger partial charge in [-0.15, -0.1) is 0 Å². The van der Waals surface area contributed by atoms with Crippen molar-refractivity contribution < 1.29 is 14.6 Å². The van der Waals surface area contributed by atoms with Crippen molar-refractivity contribution in [3.8, 4) is 17.0 Å². The molecular formula is C24H22ClN7O3. The highest BCUT2D eigenvalue weighted by Gasteiger charge is 2.18. The van der Waals surface area contributed by atoms with Crippen molar-refractivity contribution in [2.75, 3.05) is 41.8 Å². The zero-order valence-electron chi connectivity index (χ0n) is 18.6. The topological polar surface area (TPSA) is 128 Å². The van der Waals surface area contributed by atoms with E-state index in [9.17, 15) is 9.90 Å². The normalized spacial score (nSPS) is 13.6. The predicted molar refractivity (Wildman–Crippen MR) is 135 cm³/mol. The summed E-state index contributed by atoms with van der Waals surface area (Å²) in [5, 5.41) is 24.1. The van der Waals surface area contributed by atoms with Gasteiger partial charge in [0.2, 0.25) is 11.9 Å².